The van der Waals surface area contributed by atoms with Crippen molar-refractivity contribution in [2.45, 2.75) is 25.8 Å². The minimum absolute atomic E-state index is 0.126. The lowest BCUT2D eigenvalue weighted by molar-refractivity contribution is -0.135. The summed E-state index contributed by atoms with van der Waals surface area (Å²) in [6, 6.07) is 3.72. The molecule has 6 heteroatoms. The van der Waals surface area contributed by atoms with Crippen molar-refractivity contribution >= 4 is 11.9 Å². The van der Waals surface area contributed by atoms with E-state index in [9.17, 15) is 4.79 Å². The second-order valence-electron chi connectivity index (χ2n) is 4.06. The van der Waals surface area contributed by atoms with Crippen LogP contribution in [-0.2, 0) is 4.79 Å². The number of hydrogen-bond acceptors (Lipinski definition) is 5. The van der Waals surface area contributed by atoms with Crippen LogP contribution in [0.1, 0.15) is 24.2 Å². The molecular formula is C11H12N4O2. The van der Waals surface area contributed by atoms with Gasteiger partial charge in [-0.3, -0.25) is 4.79 Å². The number of hydrogen-bond donors (Lipinski definition) is 1. The van der Waals surface area contributed by atoms with Crippen LogP contribution in [0.3, 0.4) is 0 Å². The van der Waals surface area contributed by atoms with Crippen molar-refractivity contribution < 1.29 is 9.90 Å². The molecule has 0 atom stereocenters. The molecule has 0 amide bonds. The Bertz CT molecular complexity index is 491. The molecule has 0 spiro atoms. The molecule has 1 aliphatic rings. The van der Waals surface area contributed by atoms with Crippen LogP contribution in [0.15, 0.2) is 6.07 Å². The summed E-state index contributed by atoms with van der Waals surface area (Å²) in [7, 11) is 0. The Morgan fingerprint density at radius 2 is 2.35 bits per heavy atom. The predicted octanol–water partition coefficient (Wildman–Crippen LogP) is 0.710. The molecule has 1 fully saturated rings. The molecule has 1 aromatic heterocycles. The Morgan fingerprint density at radius 3 is 2.88 bits per heavy atom. The van der Waals surface area contributed by atoms with Gasteiger partial charge in [0, 0.05) is 11.7 Å². The Morgan fingerprint density at radius 1 is 1.65 bits per heavy atom. The first-order chi connectivity index (χ1) is 8.10. The molecular weight excluding hydrogens is 220 g/mol. The van der Waals surface area contributed by atoms with Gasteiger partial charge in [0.2, 0.25) is 5.95 Å². The second kappa shape index (κ2) is 4.37. The van der Waals surface area contributed by atoms with Crippen molar-refractivity contribution in [1.82, 2.24) is 9.97 Å². The Balaban J connectivity index is 2.32. The standard InChI is InChI=1S/C11H12N4O2/c1-7-4-8(5-12)14-11(13-7)15(6-10(16)17)9-2-3-9/h4,9H,2-3,6H2,1H3,(H,16,17). The Kier molecular flexibility index (Phi) is 2.91. The van der Waals surface area contributed by atoms with Crippen molar-refractivity contribution in [3.63, 3.8) is 0 Å². The zero-order valence-corrected chi connectivity index (χ0v) is 9.42. The zero-order chi connectivity index (χ0) is 12.4. The molecule has 6 nitrogen and oxygen atoms in total. The van der Waals surface area contributed by atoms with Crippen LogP contribution in [-0.4, -0.2) is 33.6 Å². The Hall–Kier alpha value is -2.16. The van der Waals surface area contributed by atoms with E-state index in [1.165, 1.54) is 0 Å². The van der Waals surface area contributed by atoms with Crippen molar-refractivity contribution in [3.05, 3.63) is 17.5 Å². The van der Waals surface area contributed by atoms with Crippen molar-refractivity contribution in [2.75, 3.05) is 11.4 Å². The molecule has 0 unspecified atom stereocenters. The van der Waals surface area contributed by atoms with Gasteiger partial charge in [-0.2, -0.15) is 5.26 Å². The predicted molar refractivity (Wildman–Crippen MR) is 59.5 cm³/mol. The van der Waals surface area contributed by atoms with E-state index in [1.54, 1.807) is 17.9 Å². The largest absolute Gasteiger partial charge is 0.480 e. The maximum atomic E-state index is 10.8. The quantitative estimate of drug-likeness (QED) is 0.822. The minimum Gasteiger partial charge on any atom is -0.480 e. The number of anilines is 1. The molecule has 1 saturated carbocycles. The van der Waals surface area contributed by atoms with Crippen LogP contribution in [0.4, 0.5) is 5.95 Å². The van der Waals surface area contributed by atoms with E-state index in [1.807, 2.05) is 6.07 Å². The first-order valence-corrected chi connectivity index (χ1v) is 5.34. The number of carboxylic acids is 1. The summed E-state index contributed by atoms with van der Waals surface area (Å²) >= 11 is 0. The van der Waals surface area contributed by atoms with E-state index in [0.717, 1.165) is 12.8 Å². The lowest BCUT2D eigenvalue weighted by atomic mass is 10.3. The molecule has 0 aliphatic heterocycles. The third kappa shape index (κ3) is 2.69. The highest BCUT2D eigenvalue weighted by Crippen LogP contribution is 2.29. The van der Waals surface area contributed by atoms with Gasteiger partial charge in [-0.25, -0.2) is 9.97 Å². The average Bonchev–Trinajstić information content (AvgIpc) is 3.08. The highest BCUT2D eigenvalue weighted by molar-refractivity contribution is 5.73. The molecule has 0 bridgehead atoms. The van der Waals surface area contributed by atoms with Crippen molar-refractivity contribution in [2.24, 2.45) is 0 Å². The molecule has 0 radical (unpaired) electrons. The number of aryl methyl sites for hydroxylation is 1. The smallest absolute Gasteiger partial charge is 0.323 e. The van der Waals surface area contributed by atoms with E-state index in [0.29, 0.717) is 11.6 Å². The van der Waals surface area contributed by atoms with Gasteiger partial charge in [-0.1, -0.05) is 0 Å². The highest BCUT2D eigenvalue weighted by atomic mass is 16.4. The summed E-state index contributed by atoms with van der Waals surface area (Å²) in [4.78, 5) is 20.7. The van der Waals surface area contributed by atoms with E-state index in [4.69, 9.17) is 10.4 Å². The lowest BCUT2D eigenvalue weighted by Gasteiger charge is -2.20. The van der Waals surface area contributed by atoms with Crippen LogP contribution in [0, 0.1) is 18.3 Å². The van der Waals surface area contributed by atoms with Gasteiger partial charge in [0.25, 0.3) is 0 Å². The molecule has 1 aliphatic carbocycles. The fraction of sp³-hybridized carbons (Fsp3) is 0.455. The number of nitriles is 1. The maximum absolute atomic E-state index is 10.8. The topological polar surface area (TPSA) is 90.1 Å². The lowest BCUT2D eigenvalue weighted by Crippen LogP contribution is -2.33. The van der Waals surface area contributed by atoms with E-state index in [-0.39, 0.29) is 18.3 Å². The van der Waals surface area contributed by atoms with Crippen LogP contribution in [0.25, 0.3) is 0 Å². The third-order valence-electron chi connectivity index (χ3n) is 2.51. The number of carbonyl (C=O) groups is 1. The first-order valence-electron chi connectivity index (χ1n) is 5.34. The summed E-state index contributed by atoms with van der Waals surface area (Å²) in [6.07, 6.45) is 1.90. The van der Waals surface area contributed by atoms with Gasteiger partial charge < -0.3 is 10.0 Å². The van der Waals surface area contributed by atoms with Crippen molar-refractivity contribution in [3.8, 4) is 6.07 Å². The van der Waals surface area contributed by atoms with Gasteiger partial charge in [0.15, 0.2) is 0 Å². The summed E-state index contributed by atoms with van der Waals surface area (Å²) in [5, 5.41) is 17.7. The van der Waals surface area contributed by atoms with Crippen LogP contribution in [0.5, 0.6) is 0 Å². The maximum Gasteiger partial charge on any atom is 0.323 e. The summed E-state index contributed by atoms with van der Waals surface area (Å²) in [5.74, 6) is -0.577. The molecule has 0 aromatic carbocycles. The number of aliphatic carboxylic acids is 1. The fourth-order valence-electron chi connectivity index (χ4n) is 1.63. The molecule has 1 N–H and O–H groups in total. The minimum atomic E-state index is -0.916. The second-order valence-corrected chi connectivity index (χ2v) is 4.06. The number of nitrogens with zero attached hydrogens (tertiary/aromatic N) is 4. The molecule has 2 rings (SSSR count). The van der Waals surface area contributed by atoms with Crippen LogP contribution < -0.4 is 4.90 Å². The molecule has 1 heterocycles. The van der Waals surface area contributed by atoms with Gasteiger partial charge >= 0.3 is 5.97 Å². The number of carboxylic acid groups (broad SMARTS) is 1. The van der Waals surface area contributed by atoms with E-state index >= 15 is 0 Å². The van der Waals surface area contributed by atoms with Crippen LogP contribution >= 0.6 is 0 Å². The van der Waals surface area contributed by atoms with Crippen LogP contribution in [0.2, 0.25) is 0 Å². The molecule has 17 heavy (non-hydrogen) atoms. The van der Waals surface area contributed by atoms with E-state index in [2.05, 4.69) is 9.97 Å². The zero-order valence-electron chi connectivity index (χ0n) is 9.42. The number of aromatic nitrogens is 2. The molecule has 0 saturated heterocycles. The number of rotatable bonds is 4. The SMILES string of the molecule is Cc1cc(C#N)nc(N(CC(=O)O)C2CC2)n1. The molecule has 1 aromatic rings. The third-order valence-corrected chi connectivity index (χ3v) is 2.51. The average molecular weight is 232 g/mol. The summed E-state index contributed by atoms with van der Waals surface area (Å²) < 4.78 is 0. The van der Waals surface area contributed by atoms with Gasteiger partial charge in [-0.05, 0) is 25.8 Å². The molecule has 88 valence electrons. The summed E-state index contributed by atoms with van der Waals surface area (Å²) in [6.45, 7) is 1.64. The Labute approximate surface area is 98.5 Å². The summed E-state index contributed by atoms with van der Waals surface area (Å²) in [5.41, 5.74) is 0.936. The normalized spacial score (nSPS) is 14.1. The highest BCUT2D eigenvalue weighted by Gasteiger charge is 2.32. The monoisotopic (exact) mass is 232 g/mol. The van der Waals surface area contributed by atoms with Gasteiger partial charge in [-0.15, -0.1) is 0 Å². The fourth-order valence-corrected chi connectivity index (χ4v) is 1.63. The first kappa shape index (κ1) is 11.3. The van der Waals surface area contributed by atoms with Gasteiger partial charge in [0.05, 0.1) is 0 Å². The van der Waals surface area contributed by atoms with Crippen molar-refractivity contribution in [1.29, 1.82) is 5.26 Å². The van der Waals surface area contributed by atoms with Gasteiger partial charge in [0.1, 0.15) is 18.3 Å². The van der Waals surface area contributed by atoms with E-state index < -0.39 is 5.97 Å².